The fourth-order valence-electron chi connectivity index (χ4n) is 2.87. The first-order valence-corrected chi connectivity index (χ1v) is 11.6. The van der Waals surface area contributed by atoms with Crippen LogP contribution in [0.5, 0.6) is 0 Å². The van der Waals surface area contributed by atoms with E-state index in [4.69, 9.17) is 22.1 Å². The number of urea groups is 1. The minimum Gasteiger partial charge on any atom is -0.448 e. The highest BCUT2D eigenvalue weighted by atomic mass is 35.5. The van der Waals surface area contributed by atoms with Crippen LogP contribution in [0.4, 0.5) is 10.5 Å². The number of esters is 1. The van der Waals surface area contributed by atoms with Crippen molar-refractivity contribution in [1.29, 1.82) is 0 Å². The number of para-hydroxylation sites is 1. The number of imide groups is 1. The van der Waals surface area contributed by atoms with E-state index < -0.39 is 40.0 Å². The van der Waals surface area contributed by atoms with E-state index in [9.17, 15) is 22.8 Å². The van der Waals surface area contributed by atoms with Crippen molar-refractivity contribution in [2.24, 2.45) is 11.7 Å². The maximum absolute atomic E-state index is 13.3. The predicted octanol–water partition coefficient (Wildman–Crippen LogP) is 3.10. The number of hydrogen-bond donors (Lipinski definition) is 2. The molecule has 2 aromatic rings. The molecule has 0 radical (unpaired) electrons. The summed E-state index contributed by atoms with van der Waals surface area (Å²) in [7, 11) is -4.11. The fraction of sp³-hybridized carbons (Fsp3) is 0.227. The van der Waals surface area contributed by atoms with E-state index >= 15 is 0 Å². The summed E-state index contributed by atoms with van der Waals surface area (Å²) in [6.45, 7) is 6.77. The number of anilines is 1. The molecule has 0 aliphatic heterocycles. The van der Waals surface area contributed by atoms with Crippen molar-refractivity contribution >= 4 is 45.2 Å². The number of carbonyl (C=O) groups is 3. The molecular formula is C22H24ClN3O6S. The standard InChI is InChI=1S/C22H24ClN3O6S/c1-4-12-26(15-8-6-5-7-9-15)33(30,31)16-10-11-18(23)17(13-16)21(28)32-19(14(2)3)20(27)25-22(24)29/h4-11,13-14,19H,1,12H2,2-3H3,(H3,24,25,27,29). The summed E-state index contributed by atoms with van der Waals surface area (Å²) >= 11 is 6.13. The molecule has 0 aliphatic rings. The van der Waals surface area contributed by atoms with Gasteiger partial charge in [0.2, 0.25) is 0 Å². The third-order valence-corrected chi connectivity index (χ3v) is 6.55. The number of hydrogen-bond acceptors (Lipinski definition) is 6. The van der Waals surface area contributed by atoms with Crippen molar-refractivity contribution in [1.82, 2.24) is 5.32 Å². The van der Waals surface area contributed by atoms with Crippen LogP contribution in [0.1, 0.15) is 24.2 Å². The Labute approximate surface area is 197 Å². The van der Waals surface area contributed by atoms with Crippen LogP contribution in [0, 0.1) is 5.92 Å². The largest absolute Gasteiger partial charge is 0.448 e. The van der Waals surface area contributed by atoms with Crippen LogP contribution in [-0.2, 0) is 19.6 Å². The first-order valence-electron chi connectivity index (χ1n) is 9.78. The molecule has 0 bridgehead atoms. The second kappa shape index (κ2) is 11.0. The maximum Gasteiger partial charge on any atom is 0.340 e. The summed E-state index contributed by atoms with van der Waals surface area (Å²) in [4.78, 5) is 35.7. The molecule has 2 rings (SSSR count). The van der Waals surface area contributed by atoms with Crippen molar-refractivity contribution in [2.75, 3.05) is 10.8 Å². The highest BCUT2D eigenvalue weighted by Crippen LogP contribution is 2.27. The van der Waals surface area contributed by atoms with Gasteiger partial charge in [-0.05, 0) is 36.2 Å². The second-order valence-electron chi connectivity index (χ2n) is 7.23. The van der Waals surface area contributed by atoms with Crippen molar-refractivity contribution in [3.63, 3.8) is 0 Å². The monoisotopic (exact) mass is 493 g/mol. The van der Waals surface area contributed by atoms with Crippen LogP contribution in [0.25, 0.3) is 0 Å². The van der Waals surface area contributed by atoms with Gasteiger partial charge in [-0.15, -0.1) is 6.58 Å². The lowest BCUT2D eigenvalue weighted by Gasteiger charge is -2.24. The molecule has 1 unspecified atom stereocenters. The Morgan fingerprint density at radius 1 is 1.18 bits per heavy atom. The van der Waals surface area contributed by atoms with Gasteiger partial charge in [0.15, 0.2) is 6.10 Å². The van der Waals surface area contributed by atoms with Crippen LogP contribution in [-0.4, -0.2) is 39.0 Å². The Morgan fingerprint density at radius 3 is 2.36 bits per heavy atom. The second-order valence-corrected chi connectivity index (χ2v) is 9.49. The van der Waals surface area contributed by atoms with Crippen LogP contribution >= 0.6 is 11.6 Å². The van der Waals surface area contributed by atoms with Gasteiger partial charge < -0.3 is 10.5 Å². The lowest BCUT2D eigenvalue weighted by molar-refractivity contribution is -0.130. The molecule has 1 atom stereocenters. The number of sulfonamides is 1. The van der Waals surface area contributed by atoms with Gasteiger partial charge in [-0.3, -0.25) is 14.4 Å². The third-order valence-electron chi connectivity index (χ3n) is 4.43. The smallest absolute Gasteiger partial charge is 0.340 e. The summed E-state index contributed by atoms with van der Waals surface area (Å²) < 4.78 is 33.0. The highest BCUT2D eigenvalue weighted by Gasteiger charge is 2.30. The molecule has 33 heavy (non-hydrogen) atoms. The number of rotatable bonds is 9. The fourth-order valence-corrected chi connectivity index (χ4v) is 4.52. The molecule has 0 fully saturated rings. The normalized spacial score (nSPS) is 12.0. The number of primary amides is 1. The maximum atomic E-state index is 13.3. The lowest BCUT2D eigenvalue weighted by Crippen LogP contribution is -2.45. The number of nitrogens with one attached hydrogen (secondary N) is 1. The summed E-state index contributed by atoms with van der Waals surface area (Å²) in [6, 6.07) is 10.8. The molecule has 176 valence electrons. The van der Waals surface area contributed by atoms with Crippen molar-refractivity contribution in [3.05, 3.63) is 71.8 Å². The zero-order valence-corrected chi connectivity index (χ0v) is 19.6. The number of amides is 3. The van der Waals surface area contributed by atoms with E-state index in [1.807, 2.05) is 5.32 Å². The van der Waals surface area contributed by atoms with E-state index in [1.165, 1.54) is 18.2 Å². The minimum atomic E-state index is -4.11. The van der Waals surface area contributed by atoms with Gasteiger partial charge in [0.25, 0.3) is 15.9 Å². The Hall–Kier alpha value is -3.37. The van der Waals surface area contributed by atoms with Gasteiger partial charge in [0, 0.05) is 0 Å². The summed E-state index contributed by atoms with van der Waals surface area (Å²) in [5.41, 5.74) is 5.10. The zero-order chi connectivity index (χ0) is 24.8. The first kappa shape index (κ1) is 25.9. The summed E-state index contributed by atoms with van der Waals surface area (Å²) in [5.74, 6) is -2.46. The zero-order valence-electron chi connectivity index (χ0n) is 18.0. The molecule has 9 nitrogen and oxygen atoms in total. The van der Waals surface area contributed by atoms with Gasteiger partial charge in [0.05, 0.1) is 27.7 Å². The Kier molecular flexibility index (Phi) is 8.61. The predicted molar refractivity (Wildman–Crippen MR) is 124 cm³/mol. The van der Waals surface area contributed by atoms with Gasteiger partial charge in [-0.1, -0.05) is 49.7 Å². The average molecular weight is 494 g/mol. The van der Waals surface area contributed by atoms with E-state index in [-0.39, 0.29) is 22.0 Å². The molecular weight excluding hydrogens is 470 g/mol. The number of benzene rings is 2. The van der Waals surface area contributed by atoms with Crippen LogP contribution in [0.15, 0.2) is 66.1 Å². The quantitative estimate of drug-likeness (QED) is 0.407. The van der Waals surface area contributed by atoms with Crippen molar-refractivity contribution < 1.29 is 27.5 Å². The SMILES string of the molecule is C=CCN(c1ccccc1)S(=O)(=O)c1ccc(Cl)c(C(=O)OC(C(=O)NC(N)=O)C(C)C)c1. The van der Waals surface area contributed by atoms with E-state index in [1.54, 1.807) is 44.2 Å². The van der Waals surface area contributed by atoms with E-state index in [2.05, 4.69) is 6.58 Å². The third kappa shape index (κ3) is 6.33. The van der Waals surface area contributed by atoms with Crippen LogP contribution in [0.3, 0.4) is 0 Å². The molecule has 3 N–H and O–H groups in total. The summed E-state index contributed by atoms with van der Waals surface area (Å²) in [6.07, 6.45) is 0.0724. The molecule has 0 aromatic heterocycles. The molecule has 11 heteroatoms. The van der Waals surface area contributed by atoms with Gasteiger partial charge in [-0.25, -0.2) is 18.0 Å². The van der Waals surface area contributed by atoms with Crippen LogP contribution < -0.4 is 15.4 Å². The minimum absolute atomic E-state index is 0.0164. The van der Waals surface area contributed by atoms with Gasteiger partial charge in [-0.2, -0.15) is 0 Å². The van der Waals surface area contributed by atoms with Crippen molar-refractivity contribution in [2.45, 2.75) is 24.8 Å². The number of nitrogens with zero attached hydrogens (tertiary/aromatic N) is 1. The average Bonchev–Trinajstić information content (AvgIpc) is 2.75. The first-order chi connectivity index (χ1) is 15.5. The number of carbonyl (C=O) groups excluding carboxylic acids is 3. The lowest BCUT2D eigenvalue weighted by atomic mass is 10.1. The molecule has 0 aliphatic carbocycles. The molecule has 0 heterocycles. The topological polar surface area (TPSA) is 136 Å². The van der Waals surface area contributed by atoms with Gasteiger partial charge in [0.1, 0.15) is 0 Å². The number of nitrogens with two attached hydrogens (primary N) is 1. The highest BCUT2D eigenvalue weighted by molar-refractivity contribution is 7.92. The molecule has 0 spiro atoms. The number of ether oxygens (including phenoxy) is 1. The molecule has 0 saturated heterocycles. The Balaban J connectivity index is 2.43. The van der Waals surface area contributed by atoms with Crippen LogP contribution in [0.2, 0.25) is 5.02 Å². The Bertz CT molecular complexity index is 1150. The molecule has 2 aromatic carbocycles. The molecule has 0 saturated carbocycles. The Morgan fingerprint density at radius 2 is 1.82 bits per heavy atom. The van der Waals surface area contributed by atoms with Gasteiger partial charge >= 0.3 is 12.0 Å². The van der Waals surface area contributed by atoms with E-state index in [0.29, 0.717) is 5.69 Å². The van der Waals surface area contributed by atoms with E-state index in [0.717, 1.165) is 10.4 Å². The summed E-state index contributed by atoms with van der Waals surface area (Å²) in [5, 5.41) is 1.78. The molecule has 3 amide bonds. The van der Waals surface area contributed by atoms with Crippen molar-refractivity contribution in [3.8, 4) is 0 Å². The number of halogens is 1.